The van der Waals surface area contributed by atoms with Crippen LogP contribution in [0.25, 0.3) is 0 Å². The molecule has 0 aromatic heterocycles. The Bertz CT molecular complexity index is 570. The first-order valence-electron chi connectivity index (χ1n) is 5.86. The van der Waals surface area contributed by atoms with Gasteiger partial charge >= 0.3 is 0 Å². The van der Waals surface area contributed by atoms with Crippen molar-refractivity contribution in [2.75, 3.05) is 6.54 Å². The van der Waals surface area contributed by atoms with Crippen LogP contribution in [0.5, 0.6) is 0 Å². The molecule has 1 unspecified atom stereocenters. The van der Waals surface area contributed by atoms with E-state index in [1.165, 1.54) is 0 Å². The molecule has 0 saturated carbocycles. The Hall–Kier alpha value is -1.11. The molecule has 0 bridgehead atoms. The van der Waals surface area contributed by atoms with Gasteiger partial charge in [-0.3, -0.25) is 9.35 Å². The highest BCUT2D eigenvalue weighted by Gasteiger charge is 2.39. The Kier molecular flexibility index (Phi) is 4.13. The van der Waals surface area contributed by atoms with Crippen molar-refractivity contribution in [1.29, 1.82) is 0 Å². The molecule has 1 fully saturated rings. The largest absolute Gasteiger partial charge is 0.356 e. The van der Waals surface area contributed by atoms with Gasteiger partial charge in [0.1, 0.15) is 5.25 Å². The third-order valence-electron chi connectivity index (χ3n) is 3.27. The van der Waals surface area contributed by atoms with Gasteiger partial charge in [-0.05, 0) is 30.5 Å². The Morgan fingerprint density at radius 2 is 2.00 bits per heavy atom. The molecule has 1 aromatic carbocycles. The molecular weight excluding hydrogens is 290 g/mol. The predicted octanol–water partition coefficient (Wildman–Crippen LogP) is 1.27. The van der Waals surface area contributed by atoms with E-state index < -0.39 is 21.3 Å². The van der Waals surface area contributed by atoms with Crippen molar-refractivity contribution in [3.05, 3.63) is 34.9 Å². The number of carbonyl (C=O) groups excluding carboxylic acids is 1. The van der Waals surface area contributed by atoms with Gasteiger partial charge in [0.15, 0.2) is 0 Å². The molecule has 7 heteroatoms. The van der Waals surface area contributed by atoms with E-state index >= 15 is 0 Å². The summed E-state index contributed by atoms with van der Waals surface area (Å²) in [6.07, 6.45) is 0.505. The molecule has 1 amide bonds. The number of rotatable bonds is 4. The van der Waals surface area contributed by atoms with Gasteiger partial charge in [-0.25, -0.2) is 0 Å². The lowest BCUT2D eigenvalue weighted by Crippen LogP contribution is -2.36. The first kappa shape index (κ1) is 14.3. The molecule has 1 aliphatic rings. The molecule has 5 nitrogen and oxygen atoms in total. The van der Waals surface area contributed by atoms with Crippen molar-refractivity contribution >= 4 is 27.6 Å². The normalized spacial score (nSPS) is 21.2. The van der Waals surface area contributed by atoms with Crippen LogP contribution in [0.15, 0.2) is 24.3 Å². The zero-order valence-electron chi connectivity index (χ0n) is 10.0. The van der Waals surface area contributed by atoms with Crippen LogP contribution < -0.4 is 5.32 Å². The van der Waals surface area contributed by atoms with E-state index in [1.54, 1.807) is 24.3 Å². The second kappa shape index (κ2) is 5.48. The number of benzene rings is 1. The highest BCUT2D eigenvalue weighted by atomic mass is 35.5. The van der Waals surface area contributed by atoms with Crippen molar-refractivity contribution < 1.29 is 17.8 Å². The van der Waals surface area contributed by atoms with E-state index in [0.29, 0.717) is 23.6 Å². The molecule has 19 heavy (non-hydrogen) atoms. The maximum absolute atomic E-state index is 11.6. The summed E-state index contributed by atoms with van der Waals surface area (Å²) in [5.74, 6) is -1.03. The molecule has 2 atom stereocenters. The third-order valence-corrected chi connectivity index (χ3v) is 4.79. The summed E-state index contributed by atoms with van der Waals surface area (Å²) in [6, 6.07) is 6.67. The molecule has 1 aliphatic heterocycles. The molecule has 1 aromatic rings. The summed E-state index contributed by atoms with van der Waals surface area (Å²) in [5.41, 5.74) is 0.715. The molecule has 0 spiro atoms. The van der Waals surface area contributed by atoms with Crippen LogP contribution in [-0.4, -0.2) is 30.7 Å². The van der Waals surface area contributed by atoms with Crippen molar-refractivity contribution in [3.63, 3.8) is 0 Å². The van der Waals surface area contributed by atoms with Crippen molar-refractivity contribution in [2.24, 2.45) is 5.92 Å². The van der Waals surface area contributed by atoms with Crippen LogP contribution in [0.1, 0.15) is 12.0 Å². The number of halogens is 1. The van der Waals surface area contributed by atoms with Crippen LogP contribution in [0, 0.1) is 5.92 Å². The highest BCUT2D eigenvalue weighted by molar-refractivity contribution is 7.86. The molecule has 2 rings (SSSR count). The van der Waals surface area contributed by atoms with Crippen molar-refractivity contribution in [1.82, 2.24) is 5.32 Å². The Morgan fingerprint density at radius 3 is 2.47 bits per heavy atom. The quantitative estimate of drug-likeness (QED) is 0.821. The third kappa shape index (κ3) is 3.46. The standard InChI is InChI=1S/C12H14ClNO4S/c13-9-3-1-8(2-4-9)7-11(19(16,17)18)10-5-6-14-12(10)15/h1-4,10-11H,5-7H2,(H,14,15)(H,16,17,18)/t10?,11-/m0/s1. The van der Waals surface area contributed by atoms with Gasteiger partial charge in [0.05, 0.1) is 5.92 Å². The summed E-state index contributed by atoms with van der Waals surface area (Å²) in [7, 11) is -4.28. The average molecular weight is 304 g/mol. The van der Waals surface area contributed by atoms with Gasteiger partial charge in [-0.15, -0.1) is 0 Å². The van der Waals surface area contributed by atoms with Crippen LogP contribution in [0.4, 0.5) is 0 Å². The number of nitrogens with one attached hydrogen (secondary N) is 1. The molecular formula is C12H14ClNO4S. The predicted molar refractivity (Wildman–Crippen MR) is 71.6 cm³/mol. The maximum atomic E-state index is 11.6. The minimum atomic E-state index is -4.28. The average Bonchev–Trinajstić information content (AvgIpc) is 2.73. The second-order valence-corrected chi connectivity index (χ2v) is 6.64. The Balaban J connectivity index is 2.24. The summed E-state index contributed by atoms with van der Waals surface area (Å²) in [5, 5.41) is 2.01. The first-order valence-corrected chi connectivity index (χ1v) is 7.74. The topological polar surface area (TPSA) is 83.5 Å². The van der Waals surface area contributed by atoms with Crippen LogP contribution in [0.3, 0.4) is 0 Å². The highest BCUT2D eigenvalue weighted by Crippen LogP contribution is 2.24. The summed E-state index contributed by atoms with van der Waals surface area (Å²) < 4.78 is 32.3. The smallest absolute Gasteiger partial charge is 0.268 e. The minimum Gasteiger partial charge on any atom is -0.356 e. The molecule has 0 radical (unpaired) electrons. The van der Waals surface area contributed by atoms with Crippen molar-refractivity contribution in [2.45, 2.75) is 18.1 Å². The zero-order chi connectivity index (χ0) is 14.0. The fourth-order valence-corrected chi connectivity index (χ4v) is 3.48. The number of hydrogen-bond donors (Lipinski definition) is 2. The summed E-state index contributed by atoms with van der Waals surface area (Å²) in [6.45, 7) is 0.441. The number of amides is 1. The number of hydrogen-bond acceptors (Lipinski definition) is 3. The first-order chi connectivity index (χ1) is 8.88. The second-order valence-electron chi connectivity index (χ2n) is 4.57. The SMILES string of the molecule is O=C1NCCC1[C@H](Cc1ccc(Cl)cc1)S(=O)(=O)O. The van der Waals surface area contributed by atoms with E-state index in [4.69, 9.17) is 11.6 Å². The van der Waals surface area contributed by atoms with Crippen LogP contribution in [-0.2, 0) is 21.3 Å². The lowest BCUT2D eigenvalue weighted by molar-refractivity contribution is -0.122. The van der Waals surface area contributed by atoms with Gasteiger partial charge in [-0.1, -0.05) is 23.7 Å². The van der Waals surface area contributed by atoms with Gasteiger partial charge in [0.2, 0.25) is 5.91 Å². The van der Waals surface area contributed by atoms with E-state index in [9.17, 15) is 17.8 Å². The van der Waals surface area contributed by atoms with Gasteiger partial charge in [-0.2, -0.15) is 8.42 Å². The summed E-state index contributed by atoms with van der Waals surface area (Å²) in [4.78, 5) is 11.6. The molecule has 0 aliphatic carbocycles. The van der Waals surface area contributed by atoms with Crippen molar-refractivity contribution in [3.8, 4) is 0 Å². The van der Waals surface area contributed by atoms with Crippen LogP contribution >= 0.6 is 11.6 Å². The summed E-state index contributed by atoms with van der Waals surface area (Å²) >= 11 is 5.76. The molecule has 104 valence electrons. The Morgan fingerprint density at radius 1 is 1.37 bits per heavy atom. The maximum Gasteiger partial charge on any atom is 0.268 e. The van der Waals surface area contributed by atoms with Gasteiger partial charge < -0.3 is 5.32 Å². The Labute approximate surface area is 116 Å². The van der Waals surface area contributed by atoms with Gasteiger partial charge in [0, 0.05) is 11.6 Å². The minimum absolute atomic E-state index is 0.0914. The van der Waals surface area contributed by atoms with Gasteiger partial charge in [0.25, 0.3) is 10.1 Å². The monoisotopic (exact) mass is 303 g/mol. The molecule has 1 saturated heterocycles. The van der Waals surface area contributed by atoms with E-state index in [1.807, 2.05) is 0 Å². The lowest BCUT2D eigenvalue weighted by Gasteiger charge is -2.18. The van der Waals surface area contributed by atoms with E-state index in [-0.39, 0.29) is 12.3 Å². The zero-order valence-corrected chi connectivity index (χ0v) is 11.6. The van der Waals surface area contributed by atoms with E-state index in [2.05, 4.69) is 5.32 Å². The van der Waals surface area contributed by atoms with E-state index in [0.717, 1.165) is 0 Å². The fourth-order valence-electron chi connectivity index (χ4n) is 2.28. The lowest BCUT2D eigenvalue weighted by atomic mass is 9.97. The van der Waals surface area contributed by atoms with Crippen LogP contribution in [0.2, 0.25) is 5.02 Å². The fraction of sp³-hybridized carbons (Fsp3) is 0.417. The molecule has 1 heterocycles. The number of carbonyl (C=O) groups is 1. The molecule has 2 N–H and O–H groups in total.